The van der Waals surface area contributed by atoms with E-state index in [1.54, 1.807) is 18.2 Å². The summed E-state index contributed by atoms with van der Waals surface area (Å²) in [5.41, 5.74) is 1.45. The average molecular weight is 285 g/mol. The monoisotopic (exact) mass is 285 g/mol. The van der Waals surface area contributed by atoms with Crippen LogP contribution < -0.4 is 5.32 Å². The number of nitrogens with one attached hydrogen (secondary N) is 1. The van der Waals surface area contributed by atoms with Crippen LogP contribution in [0.15, 0.2) is 18.2 Å². The first kappa shape index (κ1) is 14.7. The summed E-state index contributed by atoms with van der Waals surface area (Å²) in [5.74, 6) is -0.424. The molecule has 1 heterocycles. The SMILES string of the molecule is CC(=O)c1ccc(C#N)c(NCCN2C(=O)CCC2=O)c1. The van der Waals surface area contributed by atoms with E-state index in [-0.39, 0.29) is 37.0 Å². The molecule has 1 aromatic carbocycles. The summed E-state index contributed by atoms with van der Waals surface area (Å²) in [7, 11) is 0. The Morgan fingerprint density at radius 3 is 2.57 bits per heavy atom. The quantitative estimate of drug-likeness (QED) is 0.651. The number of nitrogens with zero attached hydrogens (tertiary/aromatic N) is 2. The van der Waals surface area contributed by atoms with Gasteiger partial charge < -0.3 is 5.32 Å². The molecule has 21 heavy (non-hydrogen) atoms. The fraction of sp³-hybridized carbons (Fsp3) is 0.333. The van der Waals surface area contributed by atoms with Crippen molar-refractivity contribution in [3.05, 3.63) is 29.3 Å². The zero-order valence-corrected chi connectivity index (χ0v) is 11.7. The number of Topliss-reactive ketones (excluding diaryl/α,β-unsaturated/α-hetero) is 1. The summed E-state index contributed by atoms with van der Waals surface area (Å²) in [4.78, 5) is 35.5. The van der Waals surface area contributed by atoms with Crippen molar-refractivity contribution >= 4 is 23.3 Å². The molecule has 1 aromatic rings. The first-order valence-electron chi connectivity index (χ1n) is 6.65. The van der Waals surface area contributed by atoms with Crippen molar-refractivity contribution in [3.8, 4) is 6.07 Å². The van der Waals surface area contributed by atoms with E-state index in [1.165, 1.54) is 11.8 Å². The van der Waals surface area contributed by atoms with E-state index in [1.807, 2.05) is 6.07 Å². The first-order chi connectivity index (χ1) is 10.0. The molecule has 0 unspecified atom stereocenters. The molecule has 1 saturated heterocycles. The lowest BCUT2D eigenvalue weighted by molar-refractivity contribution is -0.138. The number of benzene rings is 1. The Balaban J connectivity index is 2.04. The van der Waals surface area contributed by atoms with Crippen molar-refractivity contribution < 1.29 is 14.4 Å². The molecule has 0 bridgehead atoms. The van der Waals surface area contributed by atoms with Crippen LogP contribution in [0.1, 0.15) is 35.7 Å². The third kappa shape index (κ3) is 3.26. The zero-order chi connectivity index (χ0) is 15.4. The van der Waals surface area contributed by atoms with Gasteiger partial charge in [-0.2, -0.15) is 5.26 Å². The van der Waals surface area contributed by atoms with E-state index in [2.05, 4.69) is 5.32 Å². The van der Waals surface area contributed by atoms with Gasteiger partial charge in [0, 0.05) is 31.5 Å². The van der Waals surface area contributed by atoms with Crippen LogP contribution in [0.4, 0.5) is 5.69 Å². The highest BCUT2D eigenvalue weighted by molar-refractivity contribution is 6.02. The summed E-state index contributed by atoms with van der Waals surface area (Å²) in [6.45, 7) is 2.05. The van der Waals surface area contributed by atoms with E-state index < -0.39 is 0 Å². The summed E-state index contributed by atoms with van der Waals surface area (Å²) in [6, 6.07) is 6.81. The topological polar surface area (TPSA) is 90.3 Å². The molecule has 1 aliphatic heterocycles. The molecule has 1 fully saturated rings. The van der Waals surface area contributed by atoms with Crippen molar-refractivity contribution in [2.24, 2.45) is 0 Å². The van der Waals surface area contributed by atoms with Gasteiger partial charge in [0.05, 0.1) is 11.3 Å². The Hall–Kier alpha value is -2.68. The molecule has 2 rings (SSSR count). The van der Waals surface area contributed by atoms with Crippen LogP contribution in [-0.4, -0.2) is 35.6 Å². The van der Waals surface area contributed by atoms with Crippen molar-refractivity contribution in [2.75, 3.05) is 18.4 Å². The number of amides is 2. The lowest BCUT2D eigenvalue weighted by atomic mass is 10.1. The highest BCUT2D eigenvalue weighted by Gasteiger charge is 2.28. The summed E-state index contributed by atoms with van der Waals surface area (Å²) in [5, 5.41) is 12.1. The van der Waals surface area contributed by atoms with Crippen LogP contribution in [0.5, 0.6) is 0 Å². The minimum absolute atomic E-state index is 0.0903. The van der Waals surface area contributed by atoms with Gasteiger partial charge in [-0.1, -0.05) is 0 Å². The molecule has 0 saturated carbocycles. The zero-order valence-electron chi connectivity index (χ0n) is 11.7. The number of carbonyl (C=O) groups is 3. The second-order valence-corrected chi connectivity index (χ2v) is 4.79. The first-order valence-corrected chi connectivity index (χ1v) is 6.65. The van der Waals surface area contributed by atoms with Crippen molar-refractivity contribution in [3.63, 3.8) is 0 Å². The van der Waals surface area contributed by atoms with Gasteiger partial charge in [0.2, 0.25) is 11.8 Å². The molecule has 2 amide bonds. The summed E-state index contributed by atoms with van der Waals surface area (Å²) >= 11 is 0. The van der Waals surface area contributed by atoms with E-state index in [4.69, 9.17) is 5.26 Å². The third-order valence-electron chi connectivity index (χ3n) is 3.35. The Morgan fingerprint density at radius 1 is 1.33 bits per heavy atom. The van der Waals surface area contributed by atoms with Gasteiger partial charge in [0.1, 0.15) is 6.07 Å². The van der Waals surface area contributed by atoms with Crippen LogP contribution in [0.2, 0.25) is 0 Å². The fourth-order valence-electron chi connectivity index (χ4n) is 2.18. The number of imide groups is 1. The molecule has 1 aliphatic rings. The van der Waals surface area contributed by atoms with E-state index in [9.17, 15) is 14.4 Å². The standard InChI is InChI=1S/C15H15N3O3/c1-10(19)11-2-3-12(9-16)13(8-11)17-6-7-18-14(20)4-5-15(18)21/h2-3,8,17H,4-7H2,1H3. The second-order valence-electron chi connectivity index (χ2n) is 4.79. The van der Waals surface area contributed by atoms with Crippen LogP contribution >= 0.6 is 0 Å². The smallest absolute Gasteiger partial charge is 0.229 e. The number of nitriles is 1. The summed E-state index contributed by atoms with van der Waals surface area (Å²) in [6.07, 6.45) is 0.532. The van der Waals surface area contributed by atoms with Crippen LogP contribution in [0.3, 0.4) is 0 Å². The van der Waals surface area contributed by atoms with Crippen LogP contribution in [0, 0.1) is 11.3 Å². The molecule has 0 aliphatic carbocycles. The maximum Gasteiger partial charge on any atom is 0.229 e. The lowest BCUT2D eigenvalue weighted by Gasteiger charge is -2.15. The van der Waals surface area contributed by atoms with E-state index in [0.717, 1.165) is 0 Å². The molecule has 6 heteroatoms. The van der Waals surface area contributed by atoms with E-state index >= 15 is 0 Å². The molecule has 0 aromatic heterocycles. The largest absolute Gasteiger partial charge is 0.382 e. The predicted octanol–water partition coefficient (Wildman–Crippen LogP) is 1.32. The molecule has 0 spiro atoms. The van der Waals surface area contributed by atoms with Crippen LogP contribution in [-0.2, 0) is 9.59 Å². The Kier molecular flexibility index (Phi) is 4.33. The Bertz CT molecular complexity index is 630. The lowest BCUT2D eigenvalue weighted by Crippen LogP contribution is -2.33. The highest BCUT2D eigenvalue weighted by Crippen LogP contribution is 2.18. The number of rotatable bonds is 5. The van der Waals surface area contributed by atoms with Crippen molar-refractivity contribution in [1.29, 1.82) is 5.26 Å². The molecule has 1 N–H and O–H groups in total. The minimum Gasteiger partial charge on any atom is -0.382 e. The molecular formula is C15H15N3O3. The van der Waals surface area contributed by atoms with Crippen molar-refractivity contribution in [2.45, 2.75) is 19.8 Å². The number of carbonyl (C=O) groups excluding carboxylic acids is 3. The number of anilines is 1. The Labute approximate surface area is 122 Å². The van der Waals surface area contributed by atoms with Gasteiger partial charge in [-0.15, -0.1) is 0 Å². The number of hydrogen-bond acceptors (Lipinski definition) is 5. The molecule has 0 radical (unpaired) electrons. The number of likely N-dealkylation sites (tertiary alicyclic amines) is 1. The summed E-state index contributed by atoms with van der Waals surface area (Å²) < 4.78 is 0. The molecule has 0 atom stereocenters. The van der Waals surface area contributed by atoms with Gasteiger partial charge in [-0.05, 0) is 25.1 Å². The number of hydrogen-bond donors (Lipinski definition) is 1. The van der Waals surface area contributed by atoms with Gasteiger partial charge in [-0.25, -0.2) is 0 Å². The maximum atomic E-state index is 11.5. The van der Waals surface area contributed by atoms with Gasteiger partial charge in [-0.3, -0.25) is 19.3 Å². The molecule has 108 valence electrons. The molecular weight excluding hydrogens is 270 g/mol. The normalized spacial score (nSPS) is 14.2. The number of ketones is 1. The molecule has 6 nitrogen and oxygen atoms in total. The predicted molar refractivity (Wildman–Crippen MR) is 75.6 cm³/mol. The maximum absolute atomic E-state index is 11.5. The Morgan fingerprint density at radius 2 is 2.00 bits per heavy atom. The minimum atomic E-state index is -0.167. The van der Waals surface area contributed by atoms with Gasteiger partial charge in [0.15, 0.2) is 5.78 Å². The van der Waals surface area contributed by atoms with E-state index in [0.29, 0.717) is 23.4 Å². The average Bonchev–Trinajstić information content (AvgIpc) is 2.78. The second kappa shape index (κ2) is 6.18. The van der Waals surface area contributed by atoms with Crippen LogP contribution in [0.25, 0.3) is 0 Å². The fourth-order valence-corrected chi connectivity index (χ4v) is 2.18. The van der Waals surface area contributed by atoms with Crippen molar-refractivity contribution in [1.82, 2.24) is 4.90 Å². The van der Waals surface area contributed by atoms with Gasteiger partial charge >= 0.3 is 0 Å². The highest BCUT2D eigenvalue weighted by atomic mass is 16.2. The van der Waals surface area contributed by atoms with Gasteiger partial charge in [0.25, 0.3) is 0 Å². The third-order valence-corrected chi connectivity index (χ3v) is 3.35.